The lowest BCUT2D eigenvalue weighted by Gasteiger charge is -2.16. The minimum atomic E-state index is -0.911. The van der Waals surface area contributed by atoms with E-state index in [9.17, 15) is 4.79 Å². The van der Waals surface area contributed by atoms with Crippen molar-refractivity contribution in [1.82, 2.24) is 5.32 Å². The van der Waals surface area contributed by atoms with E-state index in [-0.39, 0.29) is 5.75 Å². The highest BCUT2D eigenvalue weighted by Gasteiger charge is 2.18. The molecule has 1 aromatic carbocycles. The smallest absolute Gasteiger partial charge is 0.325 e. The lowest BCUT2D eigenvalue weighted by Crippen LogP contribution is -2.31. The summed E-state index contributed by atoms with van der Waals surface area (Å²) in [6, 6.07) is 5.48. The second kappa shape index (κ2) is 5.51. The molecular formula is C12H17NO3. The van der Waals surface area contributed by atoms with Crippen LogP contribution in [-0.2, 0) is 4.79 Å². The summed E-state index contributed by atoms with van der Waals surface area (Å²) in [7, 11) is 0. The molecule has 0 heterocycles. The Hall–Kier alpha value is -1.55. The minimum Gasteiger partial charge on any atom is -0.508 e. The second-order valence-corrected chi connectivity index (χ2v) is 4.16. The van der Waals surface area contributed by atoms with Gasteiger partial charge < -0.3 is 15.5 Å². The summed E-state index contributed by atoms with van der Waals surface area (Å²) in [5.41, 5.74) is 0.644. The van der Waals surface area contributed by atoms with Crippen LogP contribution in [0.25, 0.3) is 0 Å². The number of carboxylic acids is 1. The third-order valence-corrected chi connectivity index (χ3v) is 2.20. The fraction of sp³-hybridized carbons (Fsp3) is 0.417. The van der Waals surface area contributed by atoms with Crippen molar-refractivity contribution in [1.29, 1.82) is 0 Å². The molecule has 0 spiro atoms. The van der Waals surface area contributed by atoms with E-state index in [4.69, 9.17) is 10.2 Å². The molecule has 0 saturated heterocycles. The molecule has 0 fully saturated rings. The molecule has 3 N–H and O–H groups in total. The van der Waals surface area contributed by atoms with Gasteiger partial charge in [-0.2, -0.15) is 0 Å². The lowest BCUT2D eigenvalue weighted by atomic mass is 10.1. The molecule has 0 radical (unpaired) electrons. The number of hydrogen-bond acceptors (Lipinski definition) is 3. The van der Waals surface area contributed by atoms with Crippen LogP contribution in [0, 0.1) is 5.92 Å². The largest absolute Gasteiger partial charge is 0.508 e. The molecule has 1 atom stereocenters. The summed E-state index contributed by atoms with van der Waals surface area (Å²) in [6.07, 6.45) is 0. The zero-order valence-electron chi connectivity index (χ0n) is 9.47. The quantitative estimate of drug-likeness (QED) is 0.711. The molecule has 1 rings (SSSR count). The van der Waals surface area contributed by atoms with Crippen molar-refractivity contribution in [2.24, 2.45) is 5.92 Å². The molecule has 88 valence electrons. The first kappa shape index (κ1) is 12.5. The maximum absolute atomic E-state index is 11.1. The number of phenols is 1. The van der Waals surface area contributed by atoms with Crippen molar-refractivity contribution in [3.63, 3.8) is 0 Å². The Balaban J connectivity index is 2.77. The molecule has 0 aliphatic rings. The molecule has 4 nitrogen and oxygen atoms in total. The average Bonchev–Trinajstić information content (AvgIpc) is 2.20. The van der Waals surface area contributed by atoms with Gasteiger partial charge in [-0.1, -0.05) is 26.0 Å². The predicted molar refractivity (Wildman–Crippen MR) is 61.3 cm³/mol. The number of aromatic hydroxyl groups is 1. The number of rotatable bonds is 5. The summed E-state index contributed by atoms with van der Waals surface area (Å²) < 4.78 is 0. The summed E-state index contributed by atoms with van der Waals surface area (Å²) in [5, 5.41) is 21.2. The number of benzene rings is 1. The van der Waals surface area contributed by atoms with Gasteiger partial charge >= 0.3 is 5.97 Å². The van der Waals surface area contributed by atoms with Gasteiger partial charge in [0.15, 0.2) is 0 Å². The monoisotopic (exact) mass is 223 g/mol. The molecule has 0 amide bonds. The van der Waals surface area contributed by atoms with Gasteiger partial charge in [0.05, 0.1) is 0 Å². The number of phenolic OH excluding ortho intramolecular Hbond substituents is 1. The van der Waals surface area contributed by atoms with Crippen LogP contribution in [0.5, 0.6) is 5.75 Å². The van der Waals surface area contributed by atoms with Crippen molar-refractivity contribution in [3.05, 3.63) is 29.8 Å². The molecule has 0 bridgehead atoms. The minimum absolute atomic E-state index is 0.136. The Morgan fingerprint density at radius 1 is 1.31 bits per heavy atom. The molecule has 0 saturated carbocycles. The summed E-state index contributed by atoms with van der Waals surface area (Å²) in [5.74, 6) is -0.387. The van der Waals surface area contributed by atoms with E-state index >= 15 is 0 Å². The Kier molecular flexibility index (Phi) is 4.31. The third kappa shape index (κ3) is 3.55. The maximum atomic E-state index is 11.1. The standard InChI is InChI=1S/C12H17NO3/c1-8(2)7-13-11(12(15)16)9-3-5-10(14)6-4-9/h3-6,8,11,13-14H,7H2,1-2H3,(H,15,16). The summed E-state index contributed by atoms with van der Waals surface area (Å²) in [4.78, 5) is 11.1. The Labute approximate surface area is 94.9 Å². The molecule has 0 aliphatic heterocycles. The Morgan fingerprint density at radius 3 is 2.31 bits per heavy atom. The number of carboxylic acid groups (broad SMARTS) is 1. The van der Waals surface area contributed by atoms with Gasteiger partial charge in [0.1, 0.15) is 11.8 Å². The number of nitrogens with one attached hydrogen (secondary N) is 1. The number of carbonyl (C=O) groups is 1. The Morgan fingerprint density at radius 2 is 1.88 bits per heavy atom. The van der Waals surface area contributed by atoms with Crippen molar-refractivity contribution < 1.29 is 15.0 Å². The highest BCUT2D eigenvalue weighted by Crippen LogP contribution is 2.17. The molecule has 1 aromatic rings. The van der Waals surface area contributed by atoms with Crippen LogP contribution in [0.1, 0.15) is 25.5 Å². The second-order valence-electron chi connectivity index (χ2n) is 4.16. The van der Waals surface area contributed by atoms with Crippen molar-refractivity contribution in [2.45, 2.75) is 19.9 Å². The van der Waals surface area contributed by atoms with Gasteiger partial charge in [0.25, 0.3) is 0 Å². The highest BCUT2D eigenvalue weighted by molar-refractivity contribution is 5.75. The lowest BCUT2D eigenvalue weighted by molar-refractivity contribution is -0.139. The van der Waals surface area contributed by atoms with Crippen LogP contribution in [0.4, 0.5) is 0 Å². The topological polar surface area (TPSA) is 69.6 Å². The predicted octanol–water partition coefficient (Wildman–Crippen LogP) is 1.76. The summed E-state index contributed by atoms with van der Waals surface area (Å²) >= 11 is 0. The SMILES string of the molecule is CC(C)CNC(C(=O)O)c1ccc(O)cc1. The first-order chi connectivity index (χ1) is 7.50. The number of hydrogen-bond donors (Lipinski definition) is 3. The zero-order chi connectivity index (χ0) is 12.1. The Bertz CT molecular complexity index is 346. The third-order valence-electron chi connectivity index (χ3n) is 2.20. The van der Waals surface area contributed by atoms with E-state index in [1.165, 1.54) is 12.1 Å². The molecule has 16 heavy (non-hydrogen) atoms. The van der Waals surface area contributed by atoms with E-state index < -0.39 is 12.0 Å². The van der Waals surface area contributed by atoms with Gasteiger partial charge in [-0.05, 0) is 30.2 Å². The van der Waals surface area contributed by atoms with Gasteiger partial charge in [-0.25, -0.2) is 0 Å². The summed E-state index contributed by atoms with van der Waals surface area (Å²) in [6.45, 7) is 4.67. The van der Waals surface area contributed by atoms with Gasteiger partial charge in [-0.15, -0.1) is 0 Å². The highest BCUT2D eigenvalue weighted by atomic mass is 16.4. The van der Waals surface area contributed by atoms with E-state index in [0.29, 0.717) is 18.0 Å². The van der Waals surface area contributed by atoms with Crippen LogP contribution in [0.15, 0.2) is 24.3 Å². The van der Waals surface area contributed by atoms with E-state index in [0.717, 1.165) is 0 Å². The van der Waals surface area contributed by atoms with Crippen LogP contribution < -0.4 is 5.32 Å². The van der Waals surface area contributed by atoms with Crippen LogP contribution in [-0.4, -0.2) is 22.7 Å². The zero-order valence-corrected chi connectivity index (χ0v) is 9.47. The van der Waals surface area contributed by atoms with E-state index in [1.807, 2.05) is 13.8 Å². The van der Waals surface area contributed by atoms with Gasteiger partial charge in [-0.3, -0.25) is 4.79 Å². The van der Waals surface area contributed by atoms with Crippen LogP contribution in [0.2, 0.25) is 0 Å². The molecule has 0 aliphatic carbocycles. The van der Waals surface area contributed by atoms with E-state index in [1.54, 1.807) is 12.1 Å². The van der Waals surface area contributed by atoms with Crippen molar-refractivity contribution >= 4 is 5.97 Å². The first-order valence-corrected chi connectivity index (χ1v) is 5.26. The van der Waals surface area contributed by atoms with Crippen LogP contribution >= 0.6 is 0 Å². The normalized spacial score (nSPS) is 12.7. The number of aliphatic carboxylic acids is 1. The fourth-order valence-corrected chi connectivity index (χ4v) is 1.37. The average molecular weight is 223 g/mol. The van der Waals surface area contributed by atoms with Gasteiger partial charge in [0, 0.05) is 0 Å². The van der Waals surface area contributed by atoms with Crippen molar-refractivity contribution in [2.75, 3.05) is 6.54 Å². The molecule has 0 aromatic heterocycles. The van der Waals surface area contributed by atoms with Crippen LogP contribution in [0.3, 0.4) is 0 Å². The molecule has 1 unspecified atom stereocenters. The first-order valence-electron chi connectivity index (χ1n) is 5.26. The van der Waals surface area contributed by atoms with Crippen molar-refractivity contribution in [3.8, 4) is 5.75 Å². The maximum Gasteiger partial charge on any atom is 0.325 e. The molecule has 4 heteroatoms. The van der Waals surface area contributed by atoms with E-state index in [2.05, 4.69) is 5.32 Å². The molecular weight excluding hydrogens is 206 g/mol. The van der Waals surface area contributed by atoms with Gasteiger partial charge in [0.2, 0.25) is 0 Å². The fourth-order valence-electron chi connectivity index (χ4n) is 1.37.